The first-order chi connectivity index (χ1) is 12.5. The van der Waals surface area contributed by atoms with E-state index in [9.17, 15) is 14.4 Å². The number of para-hydroxylation sites is 2. The van der Waals surface area contributed by atoms with Crippen molar-refractivity contribution in [3.8, 4) is 11.5 Å². The highest BCUT2D eigenvalue weighted by atomic mass is 32.2. The predicted octanol–water partition coefficient (Wildman–Crippen LogP) is 0.428. The number of fused-ring (bicyclic) bond motifs is 2. The second kappa shape index (κ2) is 6.39. The van der Waals surface area contributed by atoms with Gasteiger partial charge in [-0.15, -0.1) is 11.8 Å². The van der Waals surface area contributed by atoms with Crippen LogP contribution < -0.4 is 20.3 Å². The molecule has 0 aliphatic carbocycles. The lowest BCUT2D eigenvalue weighted by Crippen LogP contribution is -2.56. The summed E-state index contributed by atoms with van der Waals surface area (Å²) >= 11 is 1.60. The van der Waals surface area contributed by atoms with Crippen LogP contribution in [0, 0.1) is 0 Å². The molecule has 0 saturated carbocycles. The summed E-state index contributed by atoms with van der Waals surface area (Å²) in [6.07, 6.45) is 0.327. The van der Waals surface area contributed by atoms with Gasteiger partial charge >= 0.3 is 0 Å². The molecule has 2 saturated heterocycles. The molecule has 0 unspecified atom stereocenters. The molecule has 2 fully saturated rings. The highest BCUT2D eigenvalue weighted by molar-refractivity contribution is 8.01. The van der Waals surface area contributed by atoms with Crippen molar-refractivity contribution in [1.29, 1.82) is 0 Å². The van der Waals surface area contributed by atoms with Crippen LogP contribution in [-0.4, -0.2) is 52.0 Å². The van der Waals surface area contributed by atoms with Crippen molar-refractivity contribution >= 4 is 29.5 Å². The third-order valence-corrected chi connectivity index (χ3v) is 6.36. The Morgan fingerprint density at radius 3 is 2.77 bits per heavy atom. The molecule has 9 heteroatoms. The number of hydrogen-bond acceptors (Lipinski definition) is 6. The molecule has 3 aliphatic heterocycles. The van der Waals surface area contributed by atoms with Crippen LogP contribution in [0.4, 0.5) is 0 Å². The number of rotatable bonds is 2. The van der Waals surface area contributed by atoms with Gasteiger partial charge in [-0.05, 0) is 25.5 Å². The first-order valence-electron chi connectivity index (χ1n) is 8.42. The number of hydrazine groups is 1. The summed E-state index contributed by atoms with van der Waals surface area (Å²) in [5.74, 6) is 0.646. The molecule has 26 heavy (non-hydrogen) atoms. The van der Waals surface area contributed by atoms with E-state index in [0.717, 1.165) is 6.42 Å². The fourth-order valence-electron chi connectivity index (χ4n) is 3.45. The molecule has 3 heterocycles. The zero-order valence-electron chi connectivity index (χ0n) is 14.2. The molecule has 138 valence electrons. The van der Waals surface area contributed by atoms with E-state index in [1.165, 1.54) is 0 Å². The second-order valence-electron chi connectivity index (χ2n) is 6.61. The summed E-state index contributed by atoms with van der Waals surface area (Å²) in [6.45, 7) is 2.03. The predicted molar refractivity (Wildman–Crippen MR) is 93.4 cm³/mol. The zero-order chi connectivity index (χ0) is 18.3. The van der Waals surface area contributed by atoms with E-state index in [1.54, 1.807) is 34.9 Å². The molecule has 3 amide bonds. The topological polar surface area (TPSA) is 97.0 Å². The molecular weight excluding hydrogens is 358 g/mol. The van der Waals surface area contributed by atoms with Gasteiger partial charge in [-0.3, -0.25) is 25.2 Å². The van der Waals surface area contributed by atoms with Crippen molar-refractivity contribution in [3.05, 3.63) is 24.3 Å². The summed E-state index contributed by atoms with van der Waals surface area (Å²) in [4.78, 5) is 38.1. The van der Waals surface area contributed by atoms with Crippen LogP contribution in [0.2, 0.25) is 0 Å². The van der Waals surface area contributed by atoms with E-state index < -0.39 is 24.0 Å². The average molecular weight is 377 g/mol. The number of amides is 3. The minimum Gasteiger partial charge on any atom is -0.485 e. The maximum atomic E-state index is 12.5. The van der Waals surface area contributed by atoms with Gasteiger partial charge in [0.05, 0.1) is 4.87 Å². The molecule has 4 rings (SSSR count). The molecule has 0 spiro atoms. The van der Waals surface area contributed by atoms with Gasteiger partial charge in [0, 0.05) is 12.2 Å². The first-order valence-corrected chi connectivity index (χ1v) is 9.41. The Hall–Kier alpha value is -2.42. The third-order valence-electron chi connectivity index (χ3n) is 4.86. The van der Waals surface area contributed by atoms with Crippen molar-refractivity contribution in [2.24, 2.45) is 0 Å². The van der Waals surface area contributed by atoms with Crippen LogP contribution in [0.5, 0.6) is 11.5 Å². The fourth-order valence-corrected chi connectivity index (χ4v) is 4.88. The van der Waals surface area contributed by atoms with Crippen LogP contribution in [0.1, 0.15) is 19.8 Å². The number of thioether (sulfide) groups is 1. The molecule has 1 aromatic carbocycles. The summed E-state index contributed by atoms with van der Waals surface area (Å²) < 4.78 is 11.1. The minimum absolute atomic E-state index is 0.0235. The van der Waals surface area contributed by atoms with E-state index in [1.807, 2.05) is 13.0 Å². The molecule has 1 aromatic rings. The summed E-state index contributed by atoms with van der Waals surface area (Å²) in [6, 6.07) is 6.49. The Morgan fingerprint density at radius 2 is 1.96 bits per heavy atom. The zero-order valence-corrected chi connectivity index (χ0v) is 15.0. The lowest BCUT2D eigenvalue weighted by molar-refractivity contribution is -0.140. The number of carbonyl (C=O) groups is 3. The first kappa shape index (κ1) is 17.0. The average Bonchev–Trinajstić information content (AvgIpc) is 3.15. The molecule has 8 nitrogen and oxygen atoms in total. The summed E-state index contributed by atoms with van der Waals surface area (Å²) in [5.41, 5.74) is 4.79. The van der Waals surface area contributed by atoms with Gasteiger partial charge in [0.25, 0.3) is 11.8 Å². The van der Waals surface area contributed by atoms with E-state index in [0.29, 0.717) is 23.7 Å². The van der Waals surface area contributed by atoms with Crippen LogP contribution in [0.15, 0.2) is 24.3 Å². The lowest BCUT2D eigenvalue weighted by Gasteiger charge is -2.30. The van der Waals surface area contributed by atoms with E-state index >= 15 is 0 Å². The fraction of sp³-hybridized carbons (Fsp3) is 0.471. The normalized spacial score (nSPS) is 29.3. The van der Waals surface area contributed by atoms with Crippen LogP contribution >= 0.6 is 11.8 Å². The number of ether oxygens (including phenoxy) is 2. The standard InChI is InChI=1S/C17H19N3O5S/c1-17-7-6-14(21)20(17)10(9-26-17)15(22)18-19-16(23)13-8-24-11-4-2-3-5-12(11)25-13/h2-5,10,13H,6-9H2,1H3,(H,18,22)(H,19,23)/t10-,13+,17+/m1/s1. The maximum absolute atomic E-state index is 12.5. The van der Waals surface area contributed by atoms with Gasteiger partial charge in [0.1, 0.15) is 12.6 Å². The Kier molecular flexibility index (Phi) is 4.18. The Labute approximate surface area is 154 Å². The van der Waals surface area contributed by atoms with Crippen LogP contribution in [0.25, 0.3) is 0 Å². The molecule has 0 bridgehead atoms. The quantitative estimate of drug-likeness (QED) is 0.726. The molecule has 3 aliphatic rings. The molecular formula is C17H19N3O5S. The van der Waals surface area contributed by atoms with Gasteiger partial charge in [0.2, 0.25) is 12.0 Å². The Bertz CT molecular complexity index is 773. The highest BCUT2D eigenvalue weighted by Crippen LogP contribution is 2.47. The Morgan fingerprint density at radius 1 is 1.23 bits per heavy atom. The lowest BCUT2D eigenvalue weighted by atomic mass is 10.2. The highest BCUT2D eigenvalue weighted by Gasteiger charge is 2.53. The minimum atomic E-state index is -0.859. The second-order valence-corrected chi connectivity index (χ2v) is 8.11. The summed E-state index contributed by atoms with van der Waals surface area (Å²) in [5, 5.41) is 0. The SMILES string of the molecule is C[C@]12CCC(=O)N1[C@@H](C(=O)NNC(=O)[C@@H]1COc3ccccc3O1)CS2. The van der Waals surface area contributed by atoms with Crippen LogP contribution in [-0.2, 0) is 14.4 Å². The molecule has 0 radical (unpaired) electrons. The van der Waals surface area contributed by atoms with Gasteiger partial charge in [-0.1, -0.05) is 12.1 Å². The van der Waals surface area contributed by atoms with Crippen molar-refractivity contribution < 1.29 is 23.9 Å². The monoisotopic (exact) mass is 377 g/mol. The largest absolute Gasteiger partial charge is 0.485 e. The number of benzene rings is 1. The molecule has 0 aromatic heterocycles. The number of carbonyl (C=O) groups excluding carboxylic acids is 3. The van der Waals surface area contributed by atoms with Gasteiger partial charge in [0.15, 0.2) is 11.5 Å². The van der Waals surface area contributed by atoms with Gasteiger partial charge in [-0.25, -0.2) is 0 Å². The summed E-state index contributed by atoms with van der Waals surface area (Å²) in [7, 11) is 0. The van der Waals surface area contributed by atoms with E-state index in [4.69, 9.17) is 9.47 Å². The van der Waals surface area contributed by atoms with Crippen molar-refractivity contribution in [3.63, 3.8) is 0 Å². The Balaban J connectivity index is 1.34. The third kappa shape index (κ3) is 2.86. The smallest absolute Gasteiger partial charge is 0.283 e. The number of nitrogens with zero attached hydrogens (tertiary/aromatic N) is 1. The van der Waals surface area contributed by atoms with Crippen LogP contribution in [0.3, 0.4) is 0 Å². The van der Waals surface area contributed by atoms with Crippen molar-refractivity contribution in [2.45, 2.75) is 36.8 Å². The van der Waals surface area contributed by atoms with Crippen molar-refractivity contribution in [1.82, 2.24) is 15.8 Å². The van der Waals surface area contributed by atoms with E-state index in [2.05, 4.69) is 10.9 Å². The maximum Gasteiger partial charge on any atom is 0.283 e. The number of hydrogen-bond donors (Lipinski definition) is 2. The van der Waals surface area contributed by atoms with Crippen molar-refractivity contribution in [2.75, 3.05) is 12.4 Å². The van der Waals surface area contributed by atoms with Gasteiger partial charge < -0.3 is 14.4 Å². The molecule has 2 N–H and O–H groups in total. The van der Waals surface area contributed by atoms with E-state index in [-0.39, 0.29) is 17.4 Å². The number of nitrogens with one attached hydrogen (secondary N) is 2. The van der Waals surface area contributed by atoms with Gasteiger partial charge in [-0.2, -0.15) is 0 Å². The molecule has 3 atom stereocenters.